The summed E-state index contributed by atoms with van der Waals surface area (Å²) in [6, 6.07) is 8.19. The largest absolute Gasteiger partial charge is 0.488 e. The number of primary amides is 1. The third-order valence-corrected chi connectivity index (χ3v) is 5.29. The number of para-hydroxylation sites is 1. The van der Waals surface area contributed by atoms with Gasteiger partial charge < -0.3 is 26.0 Å². The van der Waals surface area contributed by atoms with Gasteiger partial charge in [0.15, 0.2) is 5.96 Å². The Balaban J connectivity index is 1.31. The lowest BCUT2D eigenvalue weighted by Crippen LogP contribution is -2.44. The molecule has 7 heteroatoms. The van der Waals surface area contributed by atoms with Crippen molar-refractivity contribution in [3.63, 3.8) is 0 Å². The van der Waals surface area contributed by atoms with Crippen molar-refractivity contribution in [1.82, 2.24) is 15.5 Å². The van der Waals surface area contributed by atoms with E-state index in [1.54, 1.807) is 7.05 Å². The SMILES string of the molecule is CN=C(NCCCN1CCCC(C(N)=O)C1)NCC1Cc2ccccc2O1. The first kappa shape index (κ1) is 19.5. The minimum atomic E-state index is -0.168. The van der Waals surface area contributed by atoms with Gasteiger partial charge in [-0.2, -0.15) is 0 Å². The number of carbonyl (C=O) groups excluding carboxylic acids is 1. The van der Waals surface area contributed by atoms with Crippen molar-refractivity contribution in [3.8, 4) is 5.75 Å². The maximum Gasteiger partial charge on any atom is 0.221 e. The summed E-state index contributed by atoms with van der Waals surface area (Å²) in [6.45, 7) is 4.37. The zero-order chi connectivity index (χ0) is 19.1. The molecule has 2 atom stereocenters. The number of benzene rings is 1. The third-order valence-electron chi connectivity index (χ3n) is 5.29. The molecule has 0 spiro atoms. The molecule has 27 heavy (non-hydrogen) atoms. The highest BCUT2D eigenvalue weighted by Gasteiger charge is 2.24. The molecular formula is C20H31N5O2. The van der Waals surface area contributed by atoms with Crippen LogP contribution < -0.4 is 21.1 Å². The van der Waals surface area contributed by atoms with Crippen LogP contribution in [-0.2, 0) is 11.2 Å². The molecule has 0 aliphatic carbocycles. The lowest BCUT2D eigenvalue weighted by atomic mass is 9.97. The molecule has 0 saturated carbocycles. The van der Waals surface area contributed by atoms with E-state index in [0.717, 1.165) is 70.1 Å². The van der Waals surface area contributed by atoms with Crippen molar-refractivity contribution < 1.29 is 9.53 Å². The lowest BCUT2D eigenvalue weighted by Gasteiger charge is -2.31. The fourth-order valence-electron chi connectivity index (χ4n) is 3.80. The van der Waals surface area contributed by atoms with Crippen LogP contribution in [0.5, 0.6) is 5.75 Å². The van der Waals surface area contributed by atoms with Crippen LogP contribution in [0.4, 0.5) is 0 Å². The van der Waals surface area contributed by atoms with E-state index in [4.69, 9.17) is 10.5 Å². The minimum Gasteiger partial charge on any atom is -0.488 e. The van der Waals surface area contributed by atoms with Crippen LogP contribution >= 0.6 is 0 Å². The lowest BCUT2D eigenvalue weighted by molar-refractivity contribution is -0.123. The third kappa shape index (κ3) is 5.60. The van der Waals surface area contributed by atoms with Crippen LogP contribution in [-0.4, -0.2) is 62.6 Å². The number of amides is 1. The van der Waals surface area contributed by atoms with E-state index < -0.39 is 0 Å². The summed E-state index contributed by atoms with van der Waals surface area (Å²) in [5.41, 5.74) is 6.71. The Morgan fingerprint density at radius 1 is 1.37 bits per heavy atom. The molecule has 2 aliphatic heterocycles. The van der Waals surface area contributed by atoms with Crippen molar-refractivity contribution in [2.45, 2.75) is 31.8 Å². The number of rotatable bonds is 7. The molecule has 1 amide bonds. The molecule has 3 rings (SSSR count). The summed E-state index contributed by atoms with van der Waals surface area (Å²) >= 11 is 0. The zero-order valence-corrected chi connectivity index (χ0v) is 16.1. The van der Waals surface area contributed by atoms with Crippen LogP contribution in [0.1, 0.15) is 24.8 Å². The molecule has 1 aromatic rings. The Hall–Kier alpha value is -2.28. The molecule has 1 saturated heterocycles. The highest BCUT2D eigenvalue weighted by atomic mass is 16.5. The average Bonchev–Trinajstić information content (AvgIpc) is 3.10. The second-order valence-corrected chi connectivity index (χ2v) is 7.33. The molecule has 2 heterocycles. The Bertz CT molecular complexity index is 639. The quantitative estimate of drug-likeness (QED) is 0.373. The smallest absolute Gasteiger partial charge is 0.221 e. The van der Waals surface area contributed by atoms with Gasteiger partial charge in [0.25, 0.3) is 0 Å². The van der Waals surface area contributed by atoms with Crippen molar-refractivity contribution in [3.05, 3.63) is 29.8 Å². The summed E-state index contributed by atoms with van der Waals surface area (Å²) < 4.78 is 5.95. The first-order valence-corrected chi connectivity index (χ1v) is 9.86. The van der Waals surface area contributed by atoms with Crippen molar-refractivity contribution >= 4 is 11.9 Å². The monoisotopic (exact) mass is 373 g/mol. The summed E-state index contributed by atoms with van der Waals surface area (Å²) in [5, 5.41) is 6.70. The fraction of sp³-hybridized carbons (Fsp3) is 0.600. The van der Waals surface area contributed by atoms with Gasteiger partial charge in [-0.3, -0.25) is 9.79 Å². The molecule has 0 bridgehead atoms. The van der Waals surface area contributed by atoms with E-state index >= 15 is 0 Å². The van der Waals surface area contributed by atoms with Crippen LogP contribution in [0, 0.1) is 5.92 Å². The predicted octanol–water partition coefficient (Wildman–Crippen LogP) is 0.743. The van der Waals surface area contributed by atoms with Gasteiger partial charge in [-0.1, -0.05) is 18.2 Å². The van der Waals surface area contributed by atoms with Crippen molar-refractivity contribution in [2.75, 3.05) is 39.8 Å². The van der Waals surface area contributed by atoms with Gasteiger partial charge in [0.2, 0.25) is 5.91 Å². The number of aliphatic imine (C=N–C) groups is 1. The topological polar surface area (TPSA) is 92.0 Å². The van der Waals surface area contributed by atoms with Crippen LogP contribution in [0.2, 0.25) is 0 Å². The number of likely N-dealkylation sites (tertiary alicyclic amines) is 1. The molecule has 1 fully saturated rings. The number of ether oxygens (including phenoxy) is 1. The molecule has 7 nitrogen and oxygen atoms in total. The van der Waals surface area contributed by atoms with E-state index in [9.17, 15) is 4.79 Å². The fourth-order valence-corrected chi connectivity index (χ4v) is 3.80. The standard InChI is InChI=1S/C20H31N5O2/c1-22-20(24-13-17-12-15-6-2-3-8-18(15)27-17)23-9-5-11-25-10-4-7-16(14-25)19(21)26/h2-3,6,8,16-17H,4-5,7,9-14H2,1H3,(H2,21,26)(H2,22,23,24). The maximum atomic E-state index is 11.4. The van der Waals surface area contributed by atoms with Gasteiger partial charge >= 0.3 is 0 Å². The van der Waals surface area contributed by atoms with Gasteiger partial charge in [0, 0.05) is 26.6 Å². The molecule has 1 aromatic carbocycles. The average molecular weight is 374 g/mol. The second-order valence-electron chi connectivity index (χ2n) is 7.33. The molecule has 0 radical (unpaired) electrons. The summed E-state index contributed by atoms with van der Waals surface area (Å²) in [5.74, 6) is 1.63. The number of hydrogen-bond donors (Lipinski definition) is 3. The van der Waals surface area contributed by atoms with Gasteiger partial charge in [-0.15, -0.1) is 0 Å². The molecule has 2 aliphatic rings. The Labute approximate surface area is 161 Å². The van der Waals surface area contributed by atoms with E-state index in [0.29, 0.717) is 0 Å². The second kappa shape index (κ2) is 9.60. The number of fused-ring (bicyclic) bond motifs is 1. The summed E-state index contributed by atoms with van der Waals surface area (Å²) in [7, 11) is 1.78. The highest BCUT2D eigenvalue weighted by molar-refractivity contribution is 5.79. The molecule has 0 aromatic heterocycles. The predicted molar refractivity (Wildman–Crippen MR) is 107 cm³/mol. The van der Waals surface area contributed by atoms with E-state index in [2.05, 4.69) is 26.6 Å². The number of carbonyl (C=O) groups is 1. The van der Waals surface area contributed by atoms with Gasteiger partial charge in [-0.25, -0.2) is 0 Å². The summed E-state index contributed by atoms with van der Waals surface area (Å²) in [6.07, 6.45) is 4.04. The van der Waals surface area contributed by atoms with E-state index in [1.807, 2.05) is 18.2 Å². The first-order chi connectivity index (χ1) is 13.2. The van der Waals surface area contributed by atoms with Crippen LogP contribution in [0.25, 0.3) is 0 Å². The van der Waals surface area contributed by atoms with Crippen LogP contribution in [0.15, 0.2) is 29.3 Å². The molecule has 4 N–H and O–H groups in total. The zero-order valence-electron chi connectivity index (χ0n) is 16.1. The highest BCUT2D eigenvalue weighted by Crippen LogP contribution is 2.27. The number of piperidine rings is 1. The van der Waals surface area contributed by atoms with Gasteiger partial charge in [0.1, 0.15) is 11.9 Å². The number of guanidine groups is 1. The van der Waals surface area contributed by atoms with Crippen molar-refractivity contribution in [2.24, 2.45) is 16.6 Å². The van der Waals surface area contributed by atoms with E-state index in [-0.39, 0.29) is 17.9 Å². The summed E-state index contributed by atoms with van der Waals surface area (Å²) in [4.78, 5) is 18.0. The number of nitrogens with zero attached hydrogens (tertiary/aromatic N) is 2. The molecular weight excluding hydrogens is 342 g/mol. The molecule has 2 unspecified atom stereocenters. The Morgan fingerprint density at radius 2 is 2.22 bits per heavy atom. The Morgan fingerprint density at radius 3 is 3.00 bits per heavy atom. The van der Waals surface area contributed by atoms with Crippen LogP contribution in [0.3, 0.4) is 0 Å². The van der Waals surface area contributed by atoms with Gasteiger partial charge in [-0.05, 0) is 44.0 Å². The maximum absolute atomic E-state index is 11.4. The first-order valence-electron chi connectivity index (χ1n) is 9.86. The number of hydrogen-bond acceptors (Lipinski definition) is 4. The normalized spacial score (nSPS) is 22.8. The van der Waals surface area contributed by atoms with Crippen molar-refractivity contribution in [1.29, 1.82) is 0 Å². The number of nitrogens with two attached hydrogens (primary N) is 1. The minimum absolute atomic E-state index is 0.0108. The van der Waals surface area contributed by atoms with Gasteiger partial charge in [0.05, 0.1) is 12.5 Å². The number of nitrogens with one attached hydrogen (secondary N) is 2. The van der Waals surface area contributed by atoms with E-state index in [1.165, 1.54) is 5.56 Å². The Kier molecular flexibility index (Phi) is 6.92. The molecule has 148 valence electrons.